The van der Waals surface area contributed by atoms with E-state index in [1.165, 1.54) is 0 Å². The van der Waals surface area contributed by atoms with Crippen molar-refractivity contribution in [2.24, 2.45) is 5.92 Å². The van der Waals surface area contributed by atoms with Crippen LogP contribution in [0, 0.1) is 5.92 Å². The molecular weight excluding hydrogens is 216 g/mol. The number of methoxy groups -OCH3 is 1. The molecule has 2 aromatic heterocycles. The van der Waals surface area contributed by atoms with Gasteiger partial charge in [0, 0.05) is 6.20 Å². The van der Waals surface area contributed by atoms with E-state index in [0.29, 0.717) is 11.7 Å². The highest BCUT2D eigenvalue weighted by molar-refractivity contribution is 5.49. The van der Waals surface area contributed by atoms with Crippen molar-refractivity contribution in [2.75, 3.05) is 7.11 Å². The molecule has 0 unspecified atom stereocenters. The van der Waals surface area contributed by atoms with Crippen LogP contribution in [0.5, 0.6) is 5.75 Å². The summed E-state index contributed by atoms with van der Waals surface area (Å²) in [4.78, 5) is 8.77. The van der Waals surface area contributed by atoms with Crippen LogP contribution in [-0.4, -0.2) is 27.3 Å². The fourth-order valence-corrected chi connectivity index (χ4v) is 1.62. The average molecular weight is 232 g/mol. The number of aromatic nitrogens is 4. The Kier molecular flexibility index (Phi) is 3.37. The minimum Gasteiger partial charge on any atom is -0.493 e. The maximum atomic E-state index is 5.27. The van der Waals surface area contributed by atoms with Crippen molar-refractivity contribution in [2.45, 2.75) is 20.3 Å². The Bertz CT molecular complexity index is 479. The van der Waals surface area contributed by atoms with Gasteiger partial charge in [-0.15, -0.1) is 0 Å². The lowest BCUT2D eigenvalue weighted by molar-refractivity contribution is 0.401. The van der Waals surface area contributed by atoms with Crippen molar-refractivity contribution in [3.05, 3.63) is 24.2 Å². The molecule has 0 atom stereocenters. The zero-order chi connectivity index (χ0) is 12.3. The second-order valence-corrected chi connectivity index (χ2v) is 4.28. The summed E-state index contributed by atoms with van der Waals surface area (Å²) in [5, 5.41) is 6.75. The largest absolute Gasteiger partial charge is 0.493 e. The minimum atomic E-state index is 0.522. The number of nitrogens with zero attached hydrogens (tertiary/aromatic N) is 3. The topological polar surface area (TPSA) is 63.7 Å². The summed E-state index contributed by atoms with van der Waals surface area (Å²) in [5.74, 6) is 1.91. The van der Waals surface area contributed by atoms with Gasteiger partial charge in [-0.1, -0.05) is 13.8 Å². The van der Waals surface area contributed by atoms with Crippen molar-refractivity contribution in [3.8, 4) is 17.3 Å². The van der Waals surface area contributed by atoms with E-state index < -0.39 is 0 Å². The summed E-state index contributed by atoms with van der Waals surface area (Å²) in [7, 11) is 1.64. The minimum absolute atomic E-state index is 0.522. The fraction of sp³-hybridized carbons (Fsp3) is 0.417. The molecule has 0 aliphatic carbocycles. The predicted molar refractivity (Wildman–Crippen MR) is 64.7 cm³/mol. The van der Waals surface area contributed by atoms with Gasteiger partial charge in [-0.2, -0.15) is 5.10 Å². The molecule has 0 aliphatic heterocycles. The normalized spacial score (nSPS) is 10.8. The summed E-state index contributed by atoms with van der Waals surface area (Å²) in [5.41, 5.74) is 1.75. The number of H-pyrrole nitrogens is 1. The molecular formula is C12H16N4O. The highest BCUT2D eigenvalue weighted by Crippen LogP contribution is 2.21. The van der Waals surface area contributed by atoms with E-state index in [1.54, 1.807) is 19.5 Å². The molecule has 2 rings (SSSR count). The van der Waals surface area contributed by atoms with Crippen LogP contribution in [0.4, 0.5) is 0 Å². The van der Waals surface area contributed by atoms with Crippen LogP contribution in [0.25, 0.3) is 11.5 Å². The van der Waals surface area contributed by atoms with Crippen LogP contribution in [0.2, 0.25) is 0 Å². The summed E-state index contributed by atoms with van der Waals surface area (Å²) in [6, 6.07) is 1.85. The number of hydrogen-bond donors (Lipinski definition) is 1. The first-order valence-corrected chi connectivity index (χ1v) is 5.60. The van der Waals surface area contributed by atoms with E-state index in [2.05, 4.69) is 34.0 Å². The first-order valence-electron chi connectivity index (χ1n) is 5.60. The van der Waals surface area contributed by atoms with Gasteiger partial charge in [0.2, 0.25) is 0 Å². The van der Waals surface area contributed by atoms with Gasteiger partial charge in [-0.05, 0) is 18.4 Å². The summed E-state index contributed by atoms with van der Waals surface area (Å²) in [6.45, 7) is 4.30. The molecule has 0 fully saturated rings. The van der Waals surface area contributed by atoms with Crippen LogP contribution >= 0.6 is 0 Å². The van der Waals surface area contributed by atoms with Crippen LogP contribution in [-0.2, 0) is 6.42 Å². The number of aromatic amines is 1. The van der Waals surface area contributed by atoms with Crippen molar-refractivity contribution in [1.82, 2.24) is 20.2 Å². The van der Waals surface area contributed by atoms with Crippen LogP contribution in [0.3, 0.4) is 0 Å². The van der Waals surface area contributed by atoms with Crippen molar-refractivity contribution in [3.63, 3.8) is 0 Å². The smallest absolute Gasteiger partial charge is 0.178 e. The molecule has 0 aliphatic rings. The first-order chi connectivity index (χ1) is 8.20. The Balaban J connectivity index is 2.37. The maximum absolute atomic E-state index is 5.27. The third-order valence-electron chi connectivity index (χ3n) is 2.39. The van der Waals surface area contributed by atoms with Crippen LogP contribution in [0.15, 0.2) is 18.5 Å². The Morgan fingerprint density at radius 3 is 2.82 bits per heavy atom. The summed E-state index contributed by atoms with van der Waals surface area (Å²) in [6.07, 6.45) is 4.26. The van der Waals surface area contributed by atoms with Gasteiger partial charge in [-0.3, -0.25) is 5.10 Å². The Morgan fingerprint density at radius 2 is 2.24 bits per heavy atom. The molecule has 90 valence electrons. The first kappa shape index (κ1) is 11.6. The quantitative estimate of drug-likeness (QED) is 0.876. The van der Waals surface area contributed by atoms with E-state index in [4.69, 9.17) is 4.74 Å². The molecule has 5 nitrogen and oxygen atoms in total. The highest BCUT2D eigenvalue weighted by Gasteiger charge is 2.11. The molecule has 2 aromatic rings. The zero-order valence-corrected chi connectivity index (χ0v) is 10.3. The molecule has 0 spiro atoms. The molecule has 0 aromatic carbocycles. The predicted octanol–water partition coefficient (Wildman–Crippen LogP) is 2.07. The standard InChI is InChI=1S/C12H16N4O/c1-8(2)6-10-11(17-3)7-13-12(15-10)9-4-5-14-16-9/h4-5,7-8H,6H2,1-3H3,(H,14,16). The SMILES string of the molecule is COc1cnc(-c2ccn[nH]2)nc1CC(C)C. The van der Waals surface area contributed by atoms with E-state index in [1.807, 2.05) is 6.07 Å². The van der Waals surface area contributed by atoms with Crippen LogP contribution < -0.4 is 4.74 Å². The van der Waals surface area contributed by atoms with E-state index in [-0.39, 0.29) is 0 Å². The van der Waals surface area contributed by atoms with Gasteiger partial charge in [0.1, 0.15) is 5.69 Å². The molecule has 0 saturated carbocycles. The Hall–Kier alpha value is -1.91. The van der Waals surface area contributed by atoms with Crippen molar-refractivity contribution >= 4 is 0 Å². The fourth-order valence-electron chi connectivity index (χ4n) is 1.62. The van der Waals surface area contributed by atoms with Gasteiger partial charge >= 0.3 is 0 Å². The molecule has 0 amide bonds. The third kappa shape index (κ3) is 2.61. The molecule has 17 heavy (non-hydrogen) atoms. The zero-order valence-electron chi connectivity index (χ0n) is 10.3. The number of ether oxygens (including phenoxy) is 1. The second kappa shape index (κ2) is 4.95. The molecule has 2 heterocycles. The molecule has 1 N–H and O–H groups in total. The van der Waals surface area contributed by atoms with E-state index >= 15 is 0 Å². The molecule has 0 saturated heterocycles. The Labute approximate surface area is 100 Å². The lowest BCUT2D eigenvalue weighted by Gasteiger charge is -2.10. The lowest BCUT2D eigenvalue weighted by Crippen LogP contribution is -2.03. The second-order valence-electron chi connectivity index (χ2n) is 4.28. The average Bonchev–Trinajstić information content (AvgIpc) is 2.81. The maximum Gasteiger partial charge on any atom is 0.178 e. The van der Waals surface area contributed by atoms with Crippen molar-refractivity contribution in [1.29, 1.82) is 0 Å². The summed E-state index contributed by atoms with van der Waals surface area (Å²) < 4.78 is 5.27. The number of nitrogens with one attached hydrogen (secondary N) is 1. The molecule has 5 heteroatoms. The van der Waals surface area contributed by atoms with E-state index in [9.17, 15) is 0 Å². The van der Waals surface area contributed by atoms with Crippen LogP contribution in [0.1, 0.15) is 19.5 Å². The molecule has 0 bridgehead atoms. The van der Waals surface area contributed by atoms with Gasteiger partial charge in [0.05, 0.1) is 19.0 Å². The van der Waals surface area contributed by atoms with Gasteiger partial charge in [-0.25, -0.2) is 9.97 Å². The number of hydrogen-bond acceptors (Lipinski definition) is 4. The number of rotatable bonds is 4. The van der Waals surface area contributed by atoms with Gasteiger partial charge < -0.3 is 4.74 Å². The summed E-state index contributed by atoms with van der Waals surface area (Å²) >= 11 is 0. The lowest BCUT2D eigenvalue weighted by atomic mass is 10.1. The van der Waals surface area contributed by atoms with Gasteiger partial charge in [0.25, 0.3) is 0 Å². The monoisotopic (exact) mass is 232 g/mol. The Morgan fingerprint density at radius 1 is 1.41 bits per heavy atom. The molecule has 0 radical (unpaired) electrons. The van der Waals surface area contributed by atoms with Gasteiger partial charge in [0.15, 0.2) is 11.6 Å². The van der Waals surface area contributed by atoms with Crippen molar-refractivity contribution < 1.29 is 4.74 Å². The third-order valence-corrected chi connectivity index (χ3v) is 2.39. The van der Waals surface area contributed by atoms with E-state index in [0.717, 1.165) is 23.6 Å². The highest BCUT2D eigenvalue weighted by atomic mass is 16.5.